The van der Waals surface area contributed by atoms with E-state index in [1.54, 1.807) is 0 Å². The van der Waals surface area contributed by atoms with E-state index in [9.17, 15) is 0 Å². The van der Waals surface area contributed by atoms with Crippen LogP contribution >= 0.6 is 0 Å². The van der Waals surface area contributed by atoms with Gasteiger partial charge in [0.2, 0.25) is 0 Å². The molecule has 15 heavy (non-hydrogen) atoms. The minimum atomic E-state index is 0.272. The minimum Gasteiger partial charge on any atom is -0.372 e. The maximum atomic E-state index is 5.33. The lowest BCUT2D eigenvalue weighted by Crippen LogP contribution is -2.14. The lowest BCUT2D eigenvalue weighted by atomic mass is 10.2. The summed E-state index contributed by atoms with van der Waals surface area (Å²) in [6.45, 7) is 4.27. The molecule has 5 nitrogen and oxygen atoms in total. The predicted molar refractivity (Wildman–Crippen MR) is 54.2 cm³/mol. The van der Waals surface area contributed by atoms with Gasteiger partial charge in [0.05, 0.1) is 6.04 Å². The third-order valence-electron chi connectivity index (χ3n) is 2.43. The highest BCUT2D eigenvalue weighted by molar-refractivity contribution is 4.96. The second kappa shape index (κ2) is 5.23. The van der Waals surface area contributed by atoms with E-state index >= 15 is 0 Å². The van der Waals surface area contributed by atoms with Gasteiger partial charge in [-0.3, -0.25) is 0 Å². The van der Waals surface area contributed by atoms with Crippen LogP contribution in [-0.2, 0) is 11.3 Å². The Hall–Kier alpha value is -0.940. The van der Waals surface area contributed by atoms with Crippen LogP contribution in [-0.4, -0.2) is 23.3 Å². The largest absolute Gasteiger partial charge is 0.372 e. The molecule has 1 saturated heterocycles. The van der Waals surface area contributed by atoms with Crippen LogP contribution in [0.4, 0.5) is 0 Å². The Bertz CT molecular complexity index is 295. The molecule has 1 fully saturated rings. The Balaban J connectivity index is 1.86. The summed E-state index contributed by atoms with van der Waals surface area (Å²) < 4.78 is 10.4. The molecule has 0 amide bonds. The Labute approximate surface area is 89.2 Å². The lowest BCUT2D eigenvalue weighted by molar-refractivity contribution is 0.0981. The van der Waals surface area contributed by atoms with E-state index in [0.29, 0.717) is 12.5 Å². The minimum absolute atomic E-state index is 0.272. The molecule has 0 spiro atoms. The lowest BCUT2D eigenvalue weighted by Gasteiger charge is -2.01. The molecule has 0 saturated carbocycles. The molecule has 1 aromatic heterocycles. The maximum Gasteiger partial charge on any atom is 0.252 e. The van der Waals surface area contributed by atoms with Crippen LogP contribution in [0.25, 0.3) is 0 Å². The molecular weight excluding hydrogens is 194 g/mol. The van der Waals surface area contributed by atoms with Gasteiger partial charge in [-0.05, 0) is 25.8 Å². The smallest absolute Gasteiger partial charge is 0.252 e. The van der Waals surface area contributed by atoms with Crippen LogP contribution in [0.15, 0.2) is 4.52 Å². The molecular formula is C10H17N3O2. The molecule has 2 heterocycles. The van der Waals surface area contributed by atoms with Crippen molar-refractivity contribution in [3.05, 3.63) is 11.7 Å². The van der Waals surface area contributed by atoms with Crippen LogP contribution in [0.5, 0.6) is 0 Å². The summed E-state index contributed by atoms with van der Waals surface area (Å²) in [6, 6.07) is 0.272. The maximum absolute atomic E-state index is 5.33. The number of ether oxygens (including phenoxy) is 1. The monoisotopic (exact) mass is 211 g/mol. The fourth-order valence-corrected chi connectivity index (χ4v) is 1.68. The van der Waals surface area contributed by atoms with E-state index in [1.165, 1.54) is 6.42 Å². The summed E-state index contributed by atoms with van der Waals surface area (Å²) >= 11 is 0. The van der Waals surface area contributed by atoms with Crippen molar-refractivity contribution in [3.8, 4) is 0 Å². The van der Waals surface area contributed by atoms with Crippen LogP contribution in [0.1, 0.15) is 43.9 Å². The number of aromatic nitrogens is 2. The number of rotatable bonds is 5. The SMILES string of the molecule is CCCOCc1nc(C2CCCN2)no1. The van der Waals surface area contributed by atoms with Gasteiger partial charge in [0, 0.05) is 6.61 Å². The van der Waals surface area contributed by atoms with Crippen molar-refractivity contribution in [1.82, 2.24) is 15.5 Å². The molecule has 1 N–H and O–H groups in total. The van der Waals surface area contributed by atoms with E-state index in [-0.39, 0.29) is 6.04 Å². The van der Waals surface area contributed by atoms with Crippen LogP contribution < -0.4 is 5.32 Å². The number of nitrogens with one attached hydrogen (secondary N) is 1. The molecule has 0 bridgehead atoms. The standard InChI is InChI=1S/C10H17N3O2/c1-2-6-14-7-9-12-10(13-15-9)8-4-3-5-11-8/h8,11H,2-7H2,1H3. The van der Waals surface area contributed by atoms with Gasteiger partial charge in [-0.25, -0.2) is 0 Å². The number of hydrogen-bond donors (Lipinski definition) is 1. The average Bonchev–Trinajstić information content (AvgIpc) is 2.87. The zero-order valence-corrected chi connectivity index (χ0v) is 9.03. The molecule has 0 aliphatic carbocycles. The number of nitrogens with zero attached hydrogens (tertiary/aromatic N) is 2. The highest BCUT2D eigenvalue weighted by Crippen LogP contribution is 2.20. The average molecular weight is 211 g/mol. The van der Waals surface area contributed by atoms with Crippen molar-refractivity contribution in [3.63, 3.8) is 0 Å². The van der Waals surface area contributed by atoms with Gasteiger partial charge in [-0.15, -0.1) is 0 Å². The zero-order valence-electron chi connectivity index (χ0n) is 9.03. The van der Waals surface area contributed by atoms with Crippen molar-refractivity contribution in [2.75, 3.05) is 13.2 Å². The second-order valence-electron chi connectivity index (χ2n) is 3.75. The first-order chi connectivity index (χ1) is 7.40. The van der Waals surface area contributed by atoms with Crippen molar-refractivity contribution in [2.24, 2.45) is 0 Å². The number of hydrogen-bond acceptors (Lipinski definition) is 5. The molecule has 1 aromatic rings. The van der Waals surface area contributed by atoms with Gasteiger partial charge in [0.15, 0.2) is 5.82 Å². The van der Waals surface area contributed by atoms with Crippen LogP contribution in [0, 0.1) is 0 Å². The quantitative estimate of drug-likeness (QED) is 0.746. The van der Waals surface area contributed by atoms with Crippen molar-refractivity contribution in [2.45, 2.75) is 38.8 Å². The highest BCUT2D eigenvalue weighted by atomic mass is 16.5. The summed E-state index contributed by atoms with van der Waals surface area (Å²) in [7, 11) is 0. The fraction of sp³-hybridized carbons (Fsp3) is 0.800. The summed E-state index contributed by atoms with van der Waals surface area (Å²) in [4.78, 5) is 4.30. The van der Waals surface area contributed by atoms with Crippen molar-refractivity contribution in [1.29, 1.82) is 0 Å². The summed E-state index contributed by atoms with van der Waals surface area (Å²) in [6.07, 6.45) is 3.28. The summed E-state index contributed by atoms with van der Waals surface area (Å²) in [5, 5.41) is 7.28. The first kappa shape index (κ1) is 10.6. The first-order valence-electron chi connectivity index (χ1n) is 5.53. The van der Waals surface area contributed by atoms with Crippen molar-refractivity contribution < 1.29 is 9.26 Å². The van der Waals surface area contributed by atoms with E-state index in [4.69, 9.17) is 9.26 Å². The fourth-order valence-electron chi connectivity index (χ4n) is 1.68. The van der Waals surface area contributed by atoms with Gasteiger partial charge < -0.3 is 14.6 Å². The first-order valence-corrected chi connectivity index (χ1v) is 5.53. The molecule has 1 atom stereocenters. The van der Waals surface area contributed by atoms with E-state index in [1.807, 2.05) is 0 Å². The van der Waals surface area contributed by atoms with E-state index in [2.05, 4.69) is 22.4 Å². The Morgan fingerprint density at radius 2 is 2.53 bits per heavy atom. The third-order valence-corrected chi connectivity index (χ3v) is 2.43. The van der Waals surface area contributed by atoms with Gasteiger partial charge in [-0.2, -0.15) is 4.98 Å². The van der Waals surface area contributed by atoms with Gasteiger partial charge >= 0.3 is 0 Å². The Morgan fingerprint density at radius 3 is 3.27 bits per heavy atom. The zero-order chi connectivity index (χ0) is 10.5. The van der Waals surface area contributed by atoms with E-state index < -0.39 is 0 Å². The van der Waals surface area contributed by atoms with Gasteiger partial charge in [0.1, 0.15) is 6.61 Å². The normalized spacial score (nSPS) is 21.0. The highest BCUT2D eigenvalue weighted by Gasteiger charge is 2.21. The summed E-state index contributed by atoms with van der Waals surface area (Å²) in [5.41, 5.74) is 0. The van der Waals surface area contributed by atoms with Gasteiger partial charge in [-0.1, -0.05) is 12.1 Å². The Morgan fingerprint density at radius 1 is 1.60 bits per heavy atom. The van der Waals surface area contributed by atoms with Crippen molar-refractivity contribution >= 4 is 0 Å². The predicted octanol–water partition coefficient (Wildman–Crippen LogP) is 1.42. The van der Waals surface area contributed by atoms with Crippen LogP contribution in [0.2, 0.25) is 0 Å². The molecule has 2 rings (SSSR count). The van der Waals surface area contributed by atoms with E-state index in [0.717, 1.165) is 31.8 Å². The third kappa shape index (κ3) is 2.76. The van der Waals surface area contributed by atoms with Gasteiger partial charge in [0.25, 0.3) is 5.89 Å². The van der Waals surface area contributed by atoms with Crippen LogP contribution in [0.3, 0.4) is 0 Å². The molecule has 0 radical (unpaired) electrons. The molecule has 1 unspecified atom stereocenters. The molecule has 1 aliphatic heterocycles. The molecule has 5 heteroatoms. The second-order valence-corrected chi connectivity index (χ2v) is 3.75. The molecule has 84 valence electrons. The Kier molecular flexibility index (Phi) is 3.69. The summed E-state index contributed by atoms with van der Waals surface area (Å²) in [5.74, 6) is 1.34. The molecule has 1 aliphatic rings. The topological polar surface area (TPSA) is 60.2 Å². The molecule has 0 aromatic carbocycles.